The number of carboxylic acids is 2. The first kappa shape index (κ1) is 35.0. The summed E-state index contributed by atoms with van der Waals surface area (Å²) in [6.45, 7) is 3.77. The standard InChI is InChI=1S/C22H26N4O2S2.2C2HF3O2/c1-30(27,28)26-14-13-25-20(18-6-3-2-4-7-18)16-23-21(25)22(26)9-11-24(12-10-22)17-19-8-5-15-29-19;2*3-2(4,5)1(6)7/h2-8,15-16H,9-14,17H2,1H3;2*(H,6,7). The van der Waals surface area contributed by atoms with E-state index >= 15 is 0 Å². The van der Waals surface area contributed by atoms with Crippen molar-refractivity contribution in [2.45, 2.75) is 43.8 Å². The molecule has 5 rings (SSSR count). The summed E-state index contributed by atoms with van der Waals surface area (Å²) in [6.07, 6.45) is -5.40. The normalized spacial score (nSPS) is 17.1. The second-order valence-corrected chi connectivity index (χ2v) is 12.8. The van der Waals surface area contributed by atoms with E-state index in [1.165, 1.54) is 11.1 Å². The van der Waals surface area contributed by atoms with Crippen LogP contribution in [0.2, 0.25) is 0 Å². The van der Waals surface area contributed by atoms with Crippen LogP contribution in [0.5, 0.6) is 0 Å². The molecule has 242 valence electrons. The minimum atomic E-state index is -5.08. The van der Waals surface area contributed by atoms with Gasteiger partial charge in [0.1, 0.15) is 5.82 Å². The molecule has 1 fully saturated rings. The van der Waals surface area contributed by atoms with Crippen LogP contribution in [-0.2, 0) is 38.2 Å². The molecule has 0 atom stereocenters. The number of imidazole rings is 1. The van der Waals surface area contributed by atoms with Crippen molar-refractivity contribution in [1.29, 1.82) is 0 Å². The summed E-state index contributed by atoms with van der Waals surface area (Å²) < 4.78 is 93.0. The number of rotatable bonds is 4. The molecular formula is C26H28F6N4O6S2. The van der Waals surface area contributed by atoms with E-state index in [2.05, 4.69) is 39.1 Å². The van der Waals surface area contributed by atoms with Crippen molar-refractivity contribution in [1.82, 2.24) is 18.8 Å². The Morgan fingerprint density at radius 3 is 1.91 bits per heavy atom. The van der Waals surface area contributed by atoms with Crippen LogP contribution in [0.4, 0.5) is 26.3 Å². The van der Waals surface area contributed by atoms with Gasteiger partial charge in [0, 0.05) is 37.6 Å². The van der Waals surface area contributed by atoms with E-state index in [1.807, 2.05) is 24.4 Å². The number of benzene rings is 1. The zero-order valence-corrected chi connectivity index (χ0v) is 24.7. The van der Waals surface area contributed by atoms with Crippen molar-refractivity contribution in [3.05, 3.63) is 64.7 Å². The summed E-state index contributed by atoms with van der Waals surface area (Å²) in [7, 11) is -3.34. The fraction of sp³-hybridized carbons (Fsp3) is 0.423. The highest BCUT2D eigenvalue weighted by Gasteiger charge is 2.50. The minimum Gasteiger partial charge on any atom is -0.475 e. The van der Waals surface area contributed by atoms with Crippen LogP contribution >= 0.6 is 11.3 Å². The van der Waals surface area contributed by atoms with Gasteiger partial charge >= 0.3 is 24.3 Å². The van der Waals surface area contributed by atoms with Gasteiger partial charge in [0.25, 0.3) is 0 Å². The quantitative estimate of drug-likeness (QED) is 0.384. The fourth-order valence-corrected chi connectivity index (χ4v) is 7.05. The highest BCUT2D eigenvalue weighted by molar-refractivity contribution is 7.88. The number of likely N-dealkylation sites (tertiary alicyclic amines) is 1. The molecular weight excluding hydrogens is 642 g/mol. The van der Waals surface area contributed by atoms with Crippen LogP contribution in [0.15, 0.2) is 54.0 Å². The van der Waals surface area contributed by atoms with Crippen LogP contribution in [0.25, 0.3) is 11.3 Å². The summed E-state index contributed by atoms with van der Waals surface area (Å²) in [5, 5.41) is 16.4. The number of halogens is 6. The molecule has 1 aromatic carbocycles. The van der Waals surface area contributed by atoms with Gasteiger partial charge in [0.05, 0.1) is 23.7 Å². The zero-order chi connectivity index (χ0) is 32.9. The predicted molar refractivity (Wildman–Crippen MR) is 147 cm³/mol. The van der Waals surface area contributed by atoms with E-state index in [4.69, 9.17) is 24.8 Å². The third kappa shape index (κ3) is 8.58. The number of carboxylic acid groups (broad SMARTS) is 2. The molecule has 0 unspecified atom stereocenters. The molecule has 0 radical (unpaired) electrons. The van der Waals surface area contributed by atoms with Gasteiger partial charge in [-0.25, -0.2) is 23.0 Å². The lowest BCUT2D eigenvalue weighted by molar-refractivity contribution is -0.193. The highest BCUT2D eigenvalue weighted by Crippen LogP contribution is 2.44. The molecule has 0 saturated carbocycles. The number of aromatic nitrogens is 2. The van der Waals surface area contributed by atoms with Gasteiger partial charge in [-0.3, -0.25) is 4.90 Å². The smallest absolute Gasteiger partial charge is 0.475 e. The summed E-state index contributed by atoms with van der Waals surface area (Å²) in [5.74, 6) is -4.62. The molecule has 4 heterocycles. The van der Waals surface area contributed by atoms with Crippen LogP contribution < -0.4 is 0 Å². The van der Waals surface area contributed by atoms with E-state index < -0.39 is 39.9 Å². The summed E-state index contributed by atoms with van der Waals surface area (Å²) >= 11 is 1.77. The molecule has 44 heavy (non-hydrogen) atoms. The van der Waals surface area contributed by atoms with Gasteiger partial charge in [0.15, 0.2) is 0 Å². The van der Waals surface area contributed by atoms with Crippen molar-refractivity contribution >= 4 is 33.3 Å². The first-order valence-electron chi connectivity index (χ1n) is 12.8. The van der Waals surface area contributed by atoms with Gasteiger partial charge in [-0.05, 0) is 29.9 Å². The second-order valence-electron chi connectivity index (χ2n) is 9.81. The number of alkyl halides is 6. The Hall–Kier alpha value is -3.48. The van der Waals surface area contributed by atoms with Crippen molar-refractivity contribution in [2.24, 2.45) is 0 Å². The lowest BCUT2D eigenvalue weighted by Crippen LogP contribution is -2.59. The summed E-state index contributed by atoms with van der Waals surface area (Å²) in [4.78, 5) is 26.4. The molecule has 18 heteroatoms. The maximum atomic E-state index is 12.8. The maximum absolute atomic E-state index is 12.8. The molecule has 2 N–H and O–H groups in total. The van der Waals surface area contributed by atoms with E-state index in [1.54, 1.807) is 15.6 Å². The number of fused-ring (bicyclic) bond motifs is 2. The molecule has 3 aromatic rings. The second kappa shape index (κ2) is 13.7. The average molecular weight is 671 g/mol. The third-order valence-electron chi connectivity index (χ3n) is 6.87. The van der Waals surface area contributed by atoms with Gasteiger partial charge in [0.2, 0.25) is 10.0 Å². The number of aliphatic carboxylic acids is 2. The van der Waals surface area contributed by atoms with Crippen molar-refractivity contribution in [3.8, 4) is 11.3 Å². The number of carbonyl (C=O) groups is 2. The van der Waals surface area contributed by atoms with Crippen LogP contribution in [-0.4, -0.2) is 87.6 Å². The van der Waals surface area contributed by atoms with E-state index in [-0.39, 0.29) is 0 Å². The molecule has 2 aliphatic heterocycles. The Balaban J connectivity index is 0.000000317. The third-order valence-corrected chi connectivity index (χ3v) is 9.07. The van der Waals surface area contributed by atoms with E-state index in [9.17, 15) is 34.8 Å². The monoisotopic (exact) mass is 670 g/mol. The first-order valence-corrected chi connectivity index (χ1v) is 15.5. The molecule has 2 aromatic heterocycles. The number of sulfonamides is 1. The maximum Gasteiger partial charge on any atom is 0.490 e. The lowest BCUT2D eigenvalue weighted by Gasteiger charge is -2.49. The Bertz CT molecular complexity index is 1490. The van der Waals surface area contributed by atoms with Gasteiger partial charge < -0.3 is 14.8 Å². The summed E-state index contributed by atoms with van der Waals surface area (Å²) in [5.41, 5.74) is 1.62. The zero-order valence-electron chi connectivity index (χ0n) is 23.0. The van der Waals surface area contributed by atoms with Crippen molar-refractivity contribution < 1.29 is 54.6 Å². The lowest BCUT2D eigenvalue weighted by atomic mass is 9.85. The number of hydrogen-bond acceptors (Lipinski definition) is 7. The van der Waals surface area contributed by atoms with Crippen molar-refractivity contribution in [2.75, 3.05) is 25.9 Å². The van der Waals surface area contributed by atoms with Gasteiger partial charge in [-0.2, -0.15) is 30.6 Å². The molecule has 10 nitrogen and oxygen atoms in total. The first-order chi connectivity index (χ1) is 20.4. The SMILES string of the molecule is CS(=O)(=O)N1CCn2c(-c3ccccc3)cnc2C12CCN(Cc1cccs1)CC2.O=C(O)C(F)(F)F.O=C(O)C(F)(F)F. The van der Waals surface area contributed by atoms with Gasteiger partial charge in [-0.1, -0.05) is 36.4 Å². The largest absolute Gasteiger partial charge is 0.490 e. The average Bonchev–Trinajstić information content (AvgIpc) is 3.60. The predicted octanol–water partition coefficient (Wildman–Crippen LogP) is 4.64. The van der Waals surface area contributed by atoms with Crippen molar-refractivity contribution in [3.63, 3.8) is 0 Å². The Kier molecular flexibility index (Phi) is 10.9. The van der Waals surface area contributed by atoms with Gasteiger partial charge in [-0.15, -0.1) is 11.3 Å². The molecule has 0 amide bonds. The molecule has 1 spiro atoms. The Morgan fingerprint density at radius 1 is 0.909 bits per heavy atom. The Morgan fingerprint density at radius 2 is 1.45 bits per heavy atom. The number of hydrogen-bond donors (Lipinski definition) is 2. The molecule has 0 bridgehead atoms. The fourth-order valence-electron chi connectivity index (χ4n) is 4.99. The highest BCUT2D eigenvalue weighted by atomic mass is 32.2. The Labute approximate surface area is 252 Å². The minimum absolute atomic E-state index is 0.493. The number of nitrogens with zero attached hydrogens (tertiary/aromatic N) is 4. The van der Waals surface area contributed by atoms with Crippen LogP contribution in [0.3, 0.4) is 0 Å². The molecule has 2 aliphatic rings. The number of piperidine rings is 1. The topological polar surface area (TPSA) is 133 Å². The van der Waals surface area contributed by atoms with E-state index in [0.29, 0.717) is 13.1 Å². The summed E-state index contributed by atoms with van der Waals surface area (Å²) in [6, 6.07) is 14.5. The van der Waals surface area contributed by atoms with Crippen LogP contribution in [0, 0.1) is 0 Å². The number of thiophene rings is 1. The molecule has 0 aliphatic carbocycles. The van der Waals surface area contributed by atoms with E-state index in [0.717, 1.165) is 49.6 Å². The van der Waals surface area contributed by atoms with Crippen LogP contribution in [0.1, 0.15) is 23.5 Å². The molecule has 1 saturated heterocycles.